The van der Waals surface area contributed by atoms with Crippen LogP contribution in [0.15, 0.2) is 83.9 Å². The molecule has 5 rings (SSSR count). The van der Waals surface area contributed by atoms with Crippen LogP contribution < -0.4 is 9.89 Å². The number of thiophene rings is 1. The van der Waals surface area contributed by atoms with Crippen LogP contribution in [0.3, 0.4) is 0 Å². The Labute approximate surface area is 160 Å². The Kier molecular flexibility index (Phi) is 3.88. The minimum atomic E-state index is -0.195. The number of benzene rings is 3. The molecule has 1 aliphatic heterocycles. The average Bonchev–Trinajstić information content (AvgIpc) is 3.06. The van der Waals surface area contributed by atoms with Gasteiger partial charge < -0.3 is 0 Å². The first kappa shape index (κ1) is 15.8. The molecule has 2 heterocycles. The lowest BCUT2D eigenvalue weighted by Gasteiger charge is -2.14. The van der Waals surface area contributed by atoms with Crippen molar-refractivity contribution in [3.8, 4) is 11.1 Å². The van der Waals surface area contributed by atoms with E-state index in [9.17, 15) is 0 Å². The van der Waals surface area contributed by atoms with Gasteiger partial charge in [-0.2, -0.15) is 0 Å². The fourth-order valence-electron chi connectivity index (χ4n) is 3.62. The number of hydrogen-bond acceptors (Lipinski definition) is 2. The summed E-state index contributed by atoms with van der Waals surface area (Å²) in [6.07, 6.45) is 0.764. The SMILES string of the molecule is ClC1CC(c2ccc(-c3ccccc3)cc2)=c2c(sc3ccccc23)=N1. The molecule has 0 saturated heterocycles. The smallest absolute Gasteiger partial charge is 0.129 e. The van der Waals surface area contributed by atoms with Crippen molar-refractivity contribution < 1.29 is 0 Å². The van der Waals surface area contributed by atoms with Gasteiger partial charge in [-0.25, -0.2) is 0 Å². The molecule has 0 fully saturated rings. The van der Waals surface area contributed by atoms with Crippen LogP contribution in [0.4, 0.5) is 0 Å². The molecule has 1 aromatic heterocycles. The summed E-state index contributed by atoms with van der Waals surface area (Å²) in [4.78, 5) is 4.69. The van der Waals surface area contributed by atoms with Gasteiger partial charge in [-0.1, -0.05) is 84.4 Å². The van der Waals surface area contributed by atoms with Crippen LogP contribution in [-0.2, 0) is 0 Å². The first-order valence-electron chi connectivity index (χ1n) is 8.68. The van der Waals surface area contributed by atoms with Crippen molar-refractivity contribution in [1.29, 1.82) is 0 Å². The van der Waals surface area contributed by atoms with Gasteiger partial charge in [-0.15, -0.1) is 11.3 Å². The molecule has 3 aromatic carbocycles. The van der Waals surface area contributed by atoms with Gasteiger partial charge in [0.05, 0.1) is 0 Å². The Hall–Kier alpha value is -2.42. The largest absolute Gasteiger partial charge is 0.254 e. The first-order chi connectivity index (χ1) is 12.8. The van der Waals surface area contributed by atoms with E-state index >= 15 is 0 Å². The van der Waals surface area contributed by atoms with Crippen molar-refractivity contribution in [2.24, 2.45) is 4.99 Å². The molecule has 0 N–H and O–H groups in total. The molecule has 0 amide bonds. The van der Waals surface area contributed by atoms with Gasteiger partial charge in [0.2, 0.25) is 0 Å². The van der Waals surface area contributed by atoms with Gasteiger partial charge in [0.1, 0.15) is 10.2 Å². The van der Waals surface area contributed by atoms with E-state index in [1.807, 2.05) is 6.07 Å². The Morgan fingerprint density at radius 1 is 0.769 bits per heavy atom. The maximum Gasteiger partial charge on any atom is 0.129 e. The number of fused-ring (bicyclic) bond motifs is 3. The van der Waals surface area contributed by atoms with Crippen LogP contribution in [0, 0.1) is 0 Å². The predicted octanol–water partition coefficient (Wildman–Crippen LogP) is 5.36. The van der Waals surface area contributed by atoms with Crippen molar-refractivity contribution in [1.82, 2.24) is 0 Å². The number of alkyl halides is 1. The van der Waals surface area contributed by atoms with E-state index in [1.54, 1.807) is 11.3 Å². The lowest BCUT2D eigenvalue weighted by atomic mass is 9.95. The molecule has 4 aromatic rings. The molecule has 0 spiro atoms. The molecular formula is C23H16ClNS. The minimum absolute atomic E-state index is 0.195. The highest BCUT2D eigenvalue weighted by Gasteiger charge is 2.18. The van der Waals surface area contributed by atoms with Crippen molar-refractivity contribution >= 4 is 38.6 Å². The second kappa shape index (κ2) is 6.39. The Balaban J connectivity index is 1.71. The van der Waals surface area contributed by atoms with Crippen molar-refractivity contribution in [2.75, 3.05) is 0 Å². The Bertz CT molecular complexity index is 1210. The Morgan fingerprint density at radius 2 is 1.42 bits per heavy atom. The van der Waals surface area contributed by atoms with E-state index in [0.29, 0.717) is 0 Å². The zero-order valence-electron chi connectivity index (χ0n) is 14.0. The zero-order valence-corrected chi connectivity index (χ0v) is 15.6. The number of hydrogen-bond donors (Lipinski definition) is 0. The van der Waals surface area contributed by atoms with Gasteiger partial charge in [-0.3, -0.25) is 4.99 Å². The molecule has 0 radical (unpaired) electrons. The molecule has 1 unspecified atom stereocenters. The first-order valence-corrected chi connectivity index (χ1v) is 9.93. The molecule has 26 heavy (non-hydrogen) atoms. The van der Waals surface area contributed by atoms with Crippen molar-refractivity contribution in [3.63, 3.8) is 0 Å². The molecule has 126 valence electrons. The minimum Gasteiger partial charge on any atom is -0.254 e. The normalized spacial score (nSPS) is 16.3. The van der Waals surface area contributed by atoms with E-state index in [4.69, 9.17) is 11.6 Å². The zero-order chi connectivity index (χ0) is 17.5. The Morgan fingerprint density at radius 3 is 2.23 bits per heavy atom. The van der Waals surface area contributed by atoms with Crippen LogP contribution >= 0.6 is 22.9 Å². The molecule has 1 aliphatic rings. The summed E-state index contributed by atoms with van der Waals surface area (Å²) in [5.41, 5.74) is 4.80. The number of rotatable bonds is 2. The number of halogens is 1. The molecule has 0 saturated carbocycles. The van der Waals surface area contributed by atoms with Crippen LogP contribution in [0.5, 0.6) is 0 Å². The monoisotopic (exact) mass is 373 g/mol. The van der Waals surface area contributed by atoms with Gasteiger partial charge in [0.15, 0.2) is 0 Å². The highest BCUT2D eigenvalue weighted by molar-refractivity contribution is 7.16. The van der Waals surface area contributed by atoms with Gasteiger partial charge in [0, 0.05) is 21.7 Å². The summed E-state index contributed by atoms with van der Waals surface area (Å²) >= 11 is 8.19. The molecule has 1 atom stereocenters. The predicted molar refractivity (Wildman–Crippen MR) is 111 cm³/mol. The summed E-state index contributed by atoms with van der Waals surface area (Å²) in [6, 6.07) is 27.8. The summed E-state index contributed by atoms with van der Waals surface area (Å²) in [5, 5.41) is 2.54. The molecular weight excluding hydrogens is 358 g/mol. The summed E-state index contributed by atoms with van der Waals surface area (Å²) in [7, 11) is 0. The van der Waals surface area contributed by atoms with Crippen LogP contribution in [-0.4, -0.2) is 5.50 Å². The van der Waals surface area contributed by atoms with Gasteiger partial charge in [-0.05, 0) is 28.3 Å². The lowest BCUT2D eigenvalue weighted by Crippen LogP contribution is -2.29. The highest BCUT2D eigenvalue weighted by atomic mass is 35.5. The number of nitrogens with zero attached hydrogens (tertiary/aromatic N) is 1. The van der Waals surface area contributed by atoms with Crippen molar-refractivity contribution in [3.05, 3.63) is 94.3 Å². The molecule has 3 heteroatoms. The van der Waals surface area contributed by atoms with E-state index in [1.165, 1.54) is 37.6 Å². The molecule has 0 bridgehead atoms. The van der Waals surface area contributed by atoms with Crippen LogP contribution in [0.2, 0.25) is 0 Å². The summed E-state index contributed by atoms with van der Waals surface area (Å²) in [5.74, 6) is 0. The van der Waals surface area contributed by atoms with E-state index < -0.39 is 0 Å². The maximum absolute atomic E-state index is 6.46. The summed E-state index contributed by atoms with van der Waals surface area (Å²) in [6.45, 7) is 0. The summed E-state index contributed by atoms with van der Waals surface area (Å²) < 4.78 is 2.32. The maximum atomic E-state index is 6.46. The van der Waals surface area contributed by atoms with E-state index in [0.717, 1.165) is 11.1 Å². The third-order valence-electron chi connectivity index (χ3n) is 4.85. The topological polar surface area (TPSA) is 12.4 Å². The quantitative estimate of drug-likeness (QED) is 0.331. The van der Waals surface area contributed by atoms with Crippen LogP contribution in [0.1, 0.15) is 12.0 Å². The highest BCUT2D eigenvalue weighted by Crippen LogP contribution is 2.27. The standard InChI is InChI=1S/C23H16ClNS/c24-21-14-19(22-18-8-4-5-9-20(18)26-23(22)25-21)17-12-10-16(11-13-17)15-6-2-1-3-7-15/h1-13,21H,14H2. The second-order valence-corrected chi connectivity index (χ2v) is 8.00. The third-order valence-corrected chi connectivity index (χ3v) is 6.18. The fraction of sp³-hybridized carbons (Fsp3) is 0.0870. The van der Waals surface area contributed by atoms with Crippen LogP contribution in [0.25, 0.3) is 26.8 Å². The van der Waals surface area contributed by atoms with Crippen molar-refractivity contribution in [2.45, 2.75) is 11.9 Å². The van der Waals surface area contributed by atoms with E-state index in [-0.39, 0.29) is 5.50 Å². The lowest BCUT2D eigenvalue weighted by molar-refractivity contribution is 0.882. The average molecular weight is 374 g/mol. The van der Waals surface area contributed by atoms with Gasteiger partial charge in [0.25, 0.3) is 0 Å². The van der Waals surface area contributed by atoms with E-state index in [2.05, 4.69) is 77.8 Å². The second-order valence-electron chi connectivity index (χ2n) is 6.47. The fourth-order valence-corrected chi connectivity index (χ4v) is 5.08. The molecule has 1 nitrogen and oxygen atoms in total. The van der Waals surface area contributed by atoms with Gasteiger partial charge >= 0.3 is 0 Å². The third kappa shape index (κ3) is 2.66. The molecule has 0 aliphatic carbocycles.